The lowest BCUT2D eigenvalue weighted by Crippen LogP contribution is -2.45. The highest BCUT2D eigenvalue weighted by atomic mass is 16.5. The maximum atomic E-state index is 11.5. The summed E-state index contributed by atoms with van der Waals surface area (Å²) in [6, 6.07) is 2.11. The lowest BCUT2D eigenvalue weighted by molar-refractivity contribution is 0.0107. The van der Waals surface area contributed by atoms with Crippen LogP contribution in [0.25, 0.3) is 11.5 Å². The number of aromatic hydroxyl groups is 1. The lowest BCUT2D eigenvalue weighted by Gasteiger charge is -2.46. The van der Waals surface area contributed by atoms with Gasteiger partial charge in [0.15, 0.2) is 5.82 Å². The predicted molar refractivity (Wildman–Crippen MR) is 113 cm³/mol. The molecule has 2 atom stereocenters. The van der Waals surface area contributed by atoms with Crippen molar-refractivity contribution in [3.05, 3.63) is 34.7 Å². The number of rotatable bonds is 5. The van der Waals surface area contributed by atoms with Gasteiger partial charge in [0.1, 0.15) is 17.1 Å². The van der Waals surface area contributed by atoms with Crippen LogP contribution in [0.3, 0.4) is 0 Å². The Morgan fingerprint density at radius 3 is 2.72 bits per heavy atom. The number of phenols is 1. The average Bonchev–Trinajstić information content (AvgIpc) is 3.06. The number of hydrogen-bond donors (Lipinski definition) is 1. The Kier molecular flexibility index (Phi) is 5.18. The number of fused-ring (bicyclic) bond motifs is 3. The van der Waals surface area contributed by atoms with Gasteiger partial charge in [0.2, 0.25) is 0 Å². The van der Waals surface area contributed by atoms with E-state index < -0.39 is 0 Å². The molecule has 2 aromatic rings. The highest BCUT2D eigenvalue weighted by Gasteiger charge is 2.46. The smallest absolute Gasteiger partial charge is 0.261 e. The van der Waals surface area contributed by atoms with E-state index in [1.54, 1.807) is 6.92 Å². The molecule has 5 heteroatoms. The first-order valence-electron chi connectivity index (χ1n) is 10.9. The van der Waals surface area contributed by atoms with Crippen LogP contribution in [-0.4, -0.2) is 20.8 Å². The number of hydrogen-bond acceptors (Lipinski definition) is 5. The number of benzene rings is 1. The lowest BCUT2D eigenvalue weighted by atomic mass is 9.67. The molecule has 0 spiro atoms. The van der Waals surface area contributed by atoms with E-state index in [4.69, 9.17) is 9.26 Å². The van der Waals surface area contributed by atoms with Crippen molar-refractivity contribution in [3.8, 4) is 23.0 Å². The van der Waals surface area contributed by atoms with Gasteiger partial charge in [-0.2, -0.15) is 4.98 Å². The molecule has 1 aliphatic carbocycles. The van der Waals surface area contributed by atoms with E-state index in [9.17, 15) is 5.11 Å². The van der Waals surface area contributed by atoms with Crippen LogP contribution in [0.2, 0.25) is 0 Å². The van der Waals surface area contributed by atoms with Crippen molar-refractivity contribution < 1.29 is 14.4 Å². The number of allylic oxidation sites excluding steroid dienone is 2. The van der Waals surface area contributed by atoms with Crippen molar-refractivity contribution in [2.75, 3.05) is 0 Å². The molecule has 0 saturated heterocycles. The Balaban J connectivity index is 1.90. The summed E-state index contributed by atoms with van der Waals surface area (Å²) in [5, 5.41) is 15.5. The molecule has 2 heterocycles. The zero-order chi connectivity index (χ0) is 20.8. The minimum absolute atomic E-state index is 0.134. The zero-order valence-electron chi connectivity index (χ0n) is 18.2. The number of aromatic nitrogens is 2. The molecule has 0 saturated carbocycles. The number of aryl methyl sites for hydroxylation is 2. The van der Waals surface area contributed by atoms with Crippen LogP contribution in [0, 0.1) is 12.8 Å². The predicted octanol–water partition coefficient (Wildman–Crippen LogP) is 6.09. The molecular formula is C24H32N2O3. The van der Waals surface area contributed by atoms with Gasteiger partial charge in [0, 0.05) is 17.4 Å². The summed E-state index contributed by atoms with van der Waals surface area (Å²) in [5.74, 6) is 2.47. The van der Waals surface area contributed by atoms with Gasteiger partial charge in [0.05, 0.1) is 5.56 Å². The third kappa shape index (κ3) is 3.56. The van der Waals surface area contributed by atoms with Crippen molar-refractivity contribution in [2.24, 2.45) is 5.92 Å². The third-order valence-electron chi connectivity index (χ3n) is 6.52. The van der Waals surface area contributed by atoms with Crippen molar-refractivity contribution in [3.63, 3.8) is 0 Å². The van der Waals surface area contributed by atoms with Gasteiger partial charge in [-0.3, -0.25) is 0 Å². The number of nitrogens with zero attached hydrogens (tertiary/aromatic N) is 2. The minimum atomic E-state index is -0.273. The van der Waals surface area contributed by atoms with E-state index in [0.717, 1.165) is 55.4 Å². The minimum Gasteiger partial charge on any atom is -0.507 e. The summed E-state index contributed by atoms with van der Waals surface area (Å²) < 4.78 is 12.0. The Labute approximate surface area is 173 Å². The molecule has 1 aliphatic heterocycles. The van der Waals surface area contributed by atoms with Crippen LogP contribution in [0.5, 0.6) is 11.5 Å². The van der Waals surface area contributed by atoms with Gasteiger partial charge in [-0.25, -0.2) is 0 Å². The van der Waals surface area contributed by atoms with Crippen molar-refractivity contribution in [1.82, 2.24) is 10.1 Å². The molecule has 0 amide bonds. The molecule has 156 valence electrons. The Hall–Kier alpha value is -2.30. The summed E-state index contributed by atoms with van der Waals surface area (Å²) in [6.07, 6.45) is 8.63. The first kappa shape index (κ1) is 20.0. The van der Waals surface area contributed by atoms with Gasteiger partial charge in [-0.05, 0) is 65.0 Å². The molecule has 2 aliphatic rings. The van der Waals surface area contributed by atoms with Gasteiger partial charge >= 0.3 is 0 Å². The molecule has 1 aromatic carbocycles. The highest BCUT2D eigenvalue weighted by molar-refractivity contribution is 5.73. The van der Waals surface area contributed by atoms with Crippen molar-refractivity contribution in [1.29, 1.82) is 0 Å². The molecule has 1 N–H and O–H groups in total. The highest BCUT2D eigenvalue weighted by Crippen LogP contribution is 2.55. The molecule has 29 heavy (non-hydrogen) atoms. The summed E-state index contributed by atoms with van der Waals surface area (Å²) in [6.45, 7) is 10.5. The molecule has 5 nitrogen and oxygen atoms in total. The molecule has 2 unspecified atom stereocenters. The summed E-state index contributed by atoms with van der Waals surface area (Å²) in [7, 11) is 0. The third-order valence-corrected chi connectivity index (χ3v) is 6.52. The monoisotopic (exact) mass is 396 g/mol. The fourth-order valence-electron chi connectivity index (χ4n) is 5.01. The Morgan fingerprint density at radius 1 is 1.24 bits per heavy atom. The van der Waals surface area contributed by atoms with E-state index in [2.05, 4.69) is 50.0 Å². The van der Waals surface area contributed by atoms with E-state index in [0.29, 0.717) is 23.2 Å². The molecule has 0 radical (unpaired) electrons. The van der Waals surface area contributed by atoms with Gasteiger partial charge in [-0.1, -0.05) is 36.6 Å². The van der Waals surface area contributed by atoms with Gasteiger partial charge in [0.25, 0.3) is 5.89 Å². The molecule has 0 bridgehead atoms. The van der Waals surface area contributed by atoms with Crippen LogP contribution in [0.4, 0.5) is 0 Å². The standard InChI is InChI=1S/C24H32N2O3/c1-6-7-8-9-16-13-19-21(22(27)20(16)23-25-15(3)26-29-23)17-12-14(2)10-11-18(17)24(4,5)28-19/h12-13,17-18,27H,6-11H2,1-5H3. The van der Waals surface area contributed by atoms with Crippen LogP contribution >= 0.6 is 0 Å². The van der Waals surface area contributed by atoms with Crippen molar-refractivity contribution in [2.45, 2.75) is 84.7 Å². The van der Waals surface area contributed by atoms with Gasteiger partial charge in [-0.15, -0.1) is 0 Å². The van der Waals surface area contributed by atoms with Gasteiger partial charge < -0.3 is 14.4 Å². The summed E-state index contributed by atoms with van der Waals surface area (Å²) >= 11 is 0. The first-order chi connectivity index (χ1) is 13.8. The van der Waals surface area contributed by atoms with E-state index in [1.807, 2.05) is 0 Å². The molecule has 4 rings (SSSR count). The second-order valence-electron chi connectivity index (χ2n) is 9.16. The normalized spacial score (nSPS) is 22.4. The quantitative estimate of drug-likeness (QED) is 0.489. The fraction of sp³-hybridized carbons (Fsp3) is 0.583. The van der Waals surface area contributed by atoms with E-state index >= 15 is 0 Å². The first-order valence-corrected chi connectivity index (χ1v) is 10.9. The maximum Gasteiger partial charge on any atom is 0.261 e. The molecular weight excluding hydrogens is 364 g/mol. The second kappa shape index (κ2) is 7.51. The van der Waals surface area contributed by atoms with Crippen LogP contribution in [-0.2, 0) is 6.42 Å². The Bertz CT molecular complexity index is 942. The van der Waals surface area contributed by atoms with Crippen LogP contribution in [0.1, 0.15) is 82.7 Å². The molecule has 1 aromatic heterocycles. The Morgan fingerprint density at radius 2 is 2.03 bits per heavy atom. The summed E-state index contributed by atoms with van der Waals surface area (Å²) in [5.41, 5.74) is 3.67. The van der Waals surface area contributed by atoms with Crippen molar-refractivity contribution >= 4 is 0 Å². The molecule has 0 fully saturated rings. The van der Waals surface area contributed by atoms with E-state index in [1.165, 1.54) is 5.57 Å². The maximum absolute atomic E-state index is 11.5. The topological polar surface area (TPSA) is 68.4 Å². The fourth-order valence-corrected chi connectivity index (χ4v) is 5.01. The zero-order valence-corrected chi connectivity index (χ0v) is 18.2. The van der Waals surface area contributed by atoms with E-state index in [-0.39, 0.29) is 17.3 Å². The van der Waals surface area contributed by atoms with Crippen LogP contribution in [0.15, 0.2) is 22.2 Å². The SMILES string of the molecule is CCCCCc1cc2c(c(O)c1-c1nc(C)no1)C1C=C(C)CCC1C(C)(C)O2. The average molecular weight is 397 g/mol. The largest absolute Gasteiger partial charge is 0.507 e. The van der Waals surface area contributed by atoms with Crippen LogP contribution < -0.4 is 4.74 Å². The second-order valence-corrected chi connectivity index (χ2v) is 9.16. The summed E-state index contributed by atoms with van der Waals surface area (Å²) in [4.78, 5) is 4.43. The number of ether oxygens (including phenoxy) is 1. The number of unbranched alkanes of at least 4 members (excludes halogenated alkanes) is 2. The number of phenolic OH excluding ortho intramolecular Hbond substituents is 1.